The molecule has 0 bridgehead atoms. The molecule has 112 valence electrons. The van der Waals surface area contributed by atoms with Crippen LogP contribution in [0.4, 0.5) is 5.69 Å². The van der Waals surface area contributed by atoms with E-state index in [1.165, 1.54) is 0 Å². The number of nitrogens with zero attached hydrogens (tertiary/aromatic N) is 2. The molecule has 0 spiro atoms. The fourth-order valence-corrected chi connectivity index (χ4v) is 2.15. The smallest absolute Gasteiger partial charge is 0.251 e. The van der Waals surface area contributed by atoms with Gasteiger partial charge >= 0.3 is 0 Å². The summed E-state index contributed by atoms with van der Waals surface area (Å²) in [6.07, 6.45) is 2.87. The Hall–Kier alpha value is -2.30. The molecule has 0 radical (unpaired) electrons. The number of carbonyl (C=O) groups is 1. The van der Waals surface area contributed by atoms with Crippen molar-refractivity contribution in [3.05, 3.63) is 47.8 Å². The van der Waals surface area contributed by atoms with E-state index in [1.54, 1.807) is 0 Å². The molecule has 0 atom stereocenters. The fourth-order valence-electron chi connectivity index (χ4n) is 2.15. The van der Waals surface area contributed by atoms with Crippen molar-refractivity contribution in [2.24, 2.45) is 0 Å². The Morgan fingerprint density at radius 3 is 2.90 bits per heavy atom. The number of aromatic nitrogens is 2. The Bertz CT molecular complexity index is 591. The molecular weight excluding hydrogens is 264 g/mol. The van der Waals surface area contributed by atoms with Crippen LogP contribution >= 0.6 is 0 Å². The molecule has 0 aliphatic rings. The molecule has 21 heavy (non-hydrogen) atoms. The Labute approximate surface area is 125 Å². The SMILES string of the molecule is CCCn1nccc1CNc1cccc(C(=O)NCC)c1. The summed E-state index contributed by atoms with van der Waals surface area (Å²) in [5.41, 5.74) is 2.74. The third kappa shape index (κ3) is 4.08. The van der Waals surface area contributed by atoms with E-state index in [0.29, 0.717) is 18.7 Å². The summed E-state index contributed by atoms with van der Waals surface area (Å²) in [6, 6.07) is 9.54. The number of hydrogen-bond acceptors (Lipinski definition) is 3. The second-order valence-corrected chi connectivity index (χ2v) is 4.84. The van der Waals surface area contributed by atoms with Gasteiger partial charge in [0.15, 0.2) is 0 Å². The van der Waals surface area contributed by atoms with E-state index in [0.717, 1.165) is 24.3 Å². The van der Waals surface area contributed by atoms with Crippen molar-refractivity contribution >= 4 is 11.6 Å². The number of nitrogens with one attached hydrogen (secondary N) is 2. The van der Waals surface area contributed by atoms with Crippen LogP contribution < -0.4 is 10.6 Å². The standard InChI is InChI=1S/C16H22N4O/c1-3-10-20-15(8-9-19-20)12-18-14-7-5-6-13(11-14)16(21)17-4-2/h5-9,11,18H,3-4,10,12H2,1-2H3,(H,17,21). The van der Waals surface area contributed by atoms with E-state index in [9.17, 15) is 4.79 Å². The third-order valence-corrected chi connectivity index (χ3v) is 3.18. The quantitative estimate of drug-likeness (QED) is 0.822. The number of benzene rings is 1. The number of rotatable bonds is 7. The third-order valence-electron chi connectivity index (χ3n) is 3.18. The van der Waals surface area contributed by atoms with Gasteiger partial charge in [-0.3, -0.25) is 9.48 Å². The summed E-state index contributed by atoms with van der Waals surface area (Å²) in [5, 5.41) is 10.4. The van der Waals surface area contributed by atoms with Gasteiger partial charge in [-0.1, -0.05) is 13.0 Å². The van der Waals surface area contributed by atoms with Crippen molar-refractivity contribution in [1.82, 2.24) is 15.1 Å². The van der Waals surface area contributed by atoms with Gasteiger partial charge in [0.1, 0.15) is 0 Å². The Morgan fingerprint density at radius 1 is 1.29 bits per heavy atom. The second-order valence-electron chi connectivity index (χ2n) is 4.84. The summed E-state index contributed by atoms with van der Waals surface area (Å²) < 4.78 is 2.00. The summed E-state index contributed by atoms with van der Waals surface area (Å²) >= 11 is 0. The van der Waals surface area contributed by atoms with Crippen molar-refractivity contribution in [1.29, 1.82) is 0 Å². The van der Waals surface area contributed by atoms with Gasteiger partial charge in [0.25, 0.3) is 5.91 Å². The van der Waals surface area contributed by atoms with Crippen molar-refractivity contribution in [3.63, 3.8) is 0 Å². The Balaban J connectivity index is 2.01. The molecule has 2 rings (SSSR count). The molecular formula is C16H22N4O. The number of aryl methyl sites for hydroxylation is 1. The molecule has 2 N–H and O–H groups in total. The molecule has 0 fully saturated rings. The normalized spacial score (nSPS) is 10.4. The zero-order valence-corrected chi connectivity index (χ0v) is 12.6. The molecule has 0 saturated carbocycles. The molecule has 0 aliphatic carbocycles. The molecule has 2 aromatic rings. The van der Waals surface area contributed by atoms with Gasteiger partial charge in [-0.15, -0.1) is 0 Å². The van der Waals surface area contributed by atoms with Crippen LogP contribution in [0.5, 0.6) is 0 Å². The lowest BCUT2D eigenvalue weighted by Gasteiger charge is -2.10. The van der Waals surface area contributed by atoms with Crippen molar-refractivity contribution in [3.8, 4) is 0 Å². The topological polar surface area (TPSA) is 59.0 Å². The monoisotopic (exact) mass is 286 g/mol. The molecule has 1 aromatic heterocycles. The fraction of sp³-hybridized carbons (Fsp3) is 0.375. The van der Waals surface area contributed by atoms with Gasteiger partial charge in [-0.05, 0) is 37.6 Å². The number of amides is 1. The average molecular weight is 286 g/mol. The van der Waals surface area contributed by atoms with E-state index in [2.05, 4.69) is 22.7 Å². The Kier molecular flexibility index (Phi) is 5.37. The van der Waals surface area contributed by atoms with Crippen LogP contribution in [0.2, 0.25) is 0 Å². The van der Waals surface area contributed by atoms with Crippen LogP contribution in [0, 0.1) is 0 Å². The molecule has 1 aromatic carbocycles. The van der Waals surface area contributed by atoms with Crippen LogP contribution in [0.25, 0.3) is 0 Å². The van der Waals surface area contributed by atoms with Gasteiger partial charge in [-0.25, -0.2) is 0 Å². The van der Waals surface area contributed by atoms with Crippen molar-refractivity contribution in [2.45, 2.75) is 33.4 Å². The molecule has 0 saturated heterocycles. The number of carbonyl (C=O) groups excluding carboxylic acids is 1. The predicted octanol–water partition coefficient (Wildman–Crippen LogP) is 2.65. The van der Waals surface area contributed by atoms with Gasteiger partial charge < -0.3 is 10.6 Å². The molecule has 0 aliphatic heterocycles. The van der Waals surface area contributed by atoms with Gasteiger partial charge in [0.05, 0.1) is 12.2 Å². The maximum Gasteiger partial charge on any atom is 0.251 e. The van der Waals surface area contributed by atoms with Crippen LogP contribution in [0.15, 0.2) is 36.5 Å². The lowest BCUT2D eigenvalue weighted by Crippen LogP contribution is -2.22. The summed E-state index contributed by atoms with van der Waals surface area (Å²) in [5.74, 6) is -0.0443. The van der Waals surface area contributed by atoms with Crippen molar-refractivity contribution in [2.75, 3.05) is 11.9 Å². The number of anilines is 1. The van der Waals surface area contributed by atoms with Gasteiger partial charge in [0, 0.05) is 30.5 Å². The molecule has 5 nitrogen and oxygen atoms in total. The highest BCUT2D eigenvalue weighted by Crippen LogP contribution is 2.12. The van der Waals surface area contributed by atoms with Crippen molar-refractivity contribution < 1.29 is 4.79 Å². The van der Waals surface area contributed by atoms with E-state index in [4.69, 9.17) is 0 Å². The first kappa shape index (κ1) is 15.1. The number of hydrogen-bond donors (Lipinski definition) is 2. The minimum atomic E-state index is -0.0443. The van der Waals surface area contributed by atoms with Gasteiger partial charge in [0.2, 0.25) is 0 Å². The Morgan fingerprint density at radius 2 is 2.14 bits per heavy atom. The van der Waals surface area contributed by atoms with Gasteiger partial charge in [-0.2, -0.15) is 5.10 Å². The molecule has 0 unspecified atom stereocenters. The molecule has 5 heteroatoms. The lowest BCUT2D eigenvalue weighted by molar-refractivity contribution is 0.0956. The minimum Gasteiger partial charge on any atom is -0.379 e. The summed E-state index contributed by atoms with van der Waals surface area (Å²) in [7, 11) is 0. The zero-order chi connectivity index (χ0) is 15.1. The highest BCUT2D eigenvalue weighted by atomic mass is 16.1. The highest BCUT2D eigenvalue weighted by Gasteiger charge is 2.05. The highest BCUT2D eigenvalue weighted by molar-refractivity contribution is 5.95. The predicted molar refractivity (Wildman–Crippen MR) is 84.3 cm³/mol. The first-order valence-corrected chi connectivity index (χ1v) is 7.37. The van der Waals surface area contributed by atoms with E-state index < -0.39 is 0 Å². The maximum absolute atomic E-state index is 11.8. The van der Waals surface area contributed by atoms with E-state index in [1.807, 2.05) is 48.1 Å². The molecule has 1 heterocycles. The minimum absolute atomic E-state index is 0.0443. The first-order chi connectivity index (χ1) is 10.2. The maximum atomic E-state index is 11.8. The first-order valence-electron chi connectivity index (χ1n) is 7.37. The summed E-state index contributed by atoms with van der Waals surface area (Å²) in [6.45, 7) is 6.29. The van der Waals surface area contributed by atoms with Crippen LogP contribution in [-0.4, -0.2) is 22.2 Å². The molecule has 1 amide bonds. The van der Waals surface area contributed by atoms with Crippen LogP contribution in [-0.2, 0) is 13.1 Å². The largest absolute Gasteiger partial charge is 0.379 e. The van der Waals surface area contributed by atoms with E-state index >= 15 is 0 Å². The lowest BCUT2D eigenvalue weighted by atomic mass is 10.2. The average Bonchev–Trinajstić information content (AvgIpc) is 2.93. The van der Waals surface area contributed by atoms with Crippen LogP contribution in [0.3, 0.4) is 0 Å². The second kappa shape index (κ2) is 7.47. The van der Waals surface area contributed by atoms with Crippen LogP contribution in [0.1, 0.15) is 36.3 Å². The zero-order valence-electron chi connectivity index (χ0n) is 12.6. The van der Waals surface area contributed by atoms with E-state index in [-0.39, 0.29) is 5.91 Å². The summed E-state index contributed by atoms with van der Waals surface area (Å²) in [4.78, 5) is 11.8.